The Labute approximate surface area is 114 Å². The van der Waals surface area contributed by atoms with E-state index in [9.17, 15) is 18.0 Å². The third-order valence-electron chi connectivity index (χ3n) is 2.60. The number of amides is 1. The second kappa shape index (κ2) is 6.91. The molecule has 0 saturated carbocycles. The van der Waals surface area contributed by atoms with Crippen LogP contribution >= 0.6 is 0 Å². The third-order valence-corrected chi connectivity index (χ3v) is 2.60. The number of carbonyl (C=O) groups excluding carboxylic acids is 1. The van der Waals surface area contributed by atoms with Crippen LogP contribution in [0.4, 0.5) is 13.2 Å². The van der Waals surface area contributed by atoms with Crippen molar-refractivity contribution in [1.29, 1.82) is 5.26 Å². The molecule has 1 amide bonds. The Kier molecular flexibility index (Phi) is 5.53. The zero-order valence-corrected chi connectivity index (χ0v) is 10.6. The fourth-order valence-electron chi connectivity index (χ4n) is 1.66. The number of carbonyl (C=O) groups is 1. The molecular weight excluding hydrogens is 271 g/mol. The average Bonchev–Trinajstić information content (AvgIpc) is 2.37. The van der Waals surface area contributed by atoms with Crippen LogP contribution in [-0.2, 0) is 11.2 Å². The van der Waals surface area contributed by atoms with Gasteiger partial charge in [-0.25, -0.2) is 13.2 Å². The Balaban J connectivity index is 2.63. The quantitative estimate of drug-likeness (QED) is 0.775. The number of hydrogen-bond acceptors (Lipinski definition) is 3. The molecule has 20 heavy (non-hydrogen) atoms. The predicted molar refractivity (Wildman–Crippen MR) is 66.3 cm³/mol. The molecule has 0 aliphatic heterocycles. The van der Waals surface area contributed by atoms with Gasteiger partial charge in [0, 0.05) is 12.8 Å². The molecule has 3 N–H and O–H groups in total. The maximum Gasteiger partial charge on any atom is 0.254 e. The summed E-state index contributed by atoms with van der Waals surface area (Å²) in [5.41, 5.74) is 5.20. The highest BCUT2D eigenvalue weighted by Gasteiger charge is 2.34. The number of nitrogens with one attached hydrogen (secondary N) is 1. The highest BCUT2D eigenvalue weighted by molar-refractivity contribution is 5.81. The highest BCUT2D eigenvalue weighted by Crippen LogP contribution is 2.26. The minimum absolute atomic E-state index is 0.137. The van der Waals surface area contributed by atoms with E-state index in [1.165, 1.54) is 18.2 Å². The van der Waals surface area contributed by atoms with Crippen LogP contribution in [0.1, 0.15) is 12.0 Å². The summed E-state index contributed by atoms with van der Waals surface area (Å²) in [6, 6.07) is 5.38. The number of hydrogen-bond donors (Lipinski definition) is 2. The lowest BCUT2D eigenvalue weighted by atomic mass is 10.0. The van der Waals surface area contributed by atoms with Gasteiger partial charge in [0.15, 0.2) is 0 Å². The van der Waals surface area contributed by atoms with E-state index in [2.05, 4.69) is 5.32 Å². The normalized spacial score (nSPS) is 12.6. The fraction of sp³-hybridized carbons (Fsp3) is 0.385. The van der Waals surface area contributed by atoms with Crippen molar-refractivity contribution in [2.75, 3.05) is 6.54 Å². The van der Waals surface area contributed by atoms with Crippen LogP contribution in [0, 0.1) is 17.1 Å². The summed E-state index contributed by atoms with van der Waals surface area (Å²) in [6.07, 6.45) is -1.75. The highest BCUT2D eigenvalue weighted by atomic mass is 19.3. The van der Waals surface area contributed by atoms with E-state index in [4.69, 9.17) is 11.0 Å². The van der Waals surface area contributed by atoms with Gasteiger partial charge >= 0.3 is 0 Å². The molecule has 108 valence electrons. The lowest BCUT2D eigenvalue weighted by Gasteiger charge is -2.20. The summed E-state index contributed by atoms with van der Waals surface area (Å²) in [5, 5.41) is 10.4. The van der Waals surface area contributed by atoms with E-state index in [0.717, 1.165) is 6.07 Å². The smallest absolute Gasteiger partial charge is 0.254 e. The standard InChI is InChI=1S/C13H14F3N3O/c14-10-4-2-1-3-9(10)7-13(15,16)8-11(18)12(20)19-6-5-17/h1-4,11H,6-8,18H2,(H,19,20)/t11-/m0/s1. The van der Waals surface area contributed by atoms with E-state index >= 15 is 0 Å². The first-order valence-electron chi connectivity index (χ1n) is 5.87. The first kappa shape index (κ1) is 16.0. The van der Waals surface area contributed by atoms with E-state index in [-0.39, 0.29) is 12.1 Å². The molecular formula is C13H14F3N3O. The minimum atomic E-state index is -3.31. The predicted octanol–water partition coefficient (Wildman–Crippen LogP) is 1.36. The van der Waals surface area contributed by atoms with Crippen molar-refractivity contribution >= 4 is 5.91 Å². The second-order valence-corrected chi connectivity index (χ2v) is 4.31. The lowest BCUT2D eigenvalue weighted by Crippen LogP contribution is -2.44. The van der Waals surface area contributed by atoms with Gasteiger partial charge in [0.1, 0.15) is 12.4 Å². The Morgan fingerprint density at radius 1 is 1.45 bits per heavy atom. The van der Waals surface area contributed by atoms with Crippen molar-refractivity contribution in [1.82, 2.24) is 5.32 Å². The zero-order chi connectivity index (χ0) is 15.2. The van der Waals surface area contributed by atoms with Crippen molar-refractivity contribution < 1.29 is 18.0 Å². The Morgan fingerprint density at radius 3 is 2.70 bits per heavy atom. The van der Waals surface area contributed by atoms with E-state index in [1.807, 2.05) is 0 Å². The topological polar surface area (TPSA) is 78.9 Å². The molecule has 0 heterocycles. The molecule has 4 nitrogen and oxygen atoms in total. The Morgan fingerprint density at radius 2 is 2.10 bits per heavy atom. The van der Waals surface area contributed by atoms with Crippen LogP contribution in [0.5, 0.6) is 0 Å². The van der Waals surface area contributed by atoms with Gasteiger partial charge in [-0.05, 0) is 11.6 Å². The van der Waals surface area contributed by atoms with Gasteiger partial charge in [0.2, 0.25) is 5.91 Å². The molecule has 0 aliphatic carbocycles. The van der Waals surface area contributed by atoms with E-state index < -0.39 is 36.5 Å². The van der Waals surface area contributed by atoms with Crippen LogP contribution in [0.15, 0.2) is 24.3 Å². The van der Waals surface area contributed by atoms with Crippen molar-refractivity contribution in [2.24, 2.45) is 5.73 Å². The van der Waals surface area contributed by atoms with Crippen LogP contribution in [-0.4, -0.2) is 24.4 Å². The molecule has 1 atom stereocenters. The van der Waals surface area contributed by atoms with E-state index in [1.54, 1.807) is 6.07 Å². The Hall–Kier alpha value is -2.07. The number of alkyl halides is 2. The third kappa shape index (κ3) is 4.90. The number of nitriles is 1. The van der Waals surface area contributed by atoms with Crippen molar-refractivity contribution in [3.8, 4) is 6.07 Å². The summed E-state index contributed by atoms with van der Waals surface area (Å²) in [7, 11) is 0. The molecule has 1 aromatic carbocycles. The molecule has 0 spiro atoms. The van der Waals surface area contributed by atoms with Crippen molar-refractivity contribution in [3.05, 3.63) is 35.6 Å². The summed E-state index contributed by atoms with van der Waals surface area (Å²) in [4.78, 5) is 11.3. The van der Waals surface area contributed by atoms with Gasteiger partial charge < -0.3 is 11.1 Å². The van der Waals surface area contributed by atoms with Crippen LogP contribution < -0.4 is 11.1 Å². The molecule has 0 aliphatic rings. The fourth-order valence-corrected chi connectivity index (χ4v) is 1.66. The first-order valence-corrected chi connectivity index (χ1v) is 5.87. The molecule has 0 fully saturated rings. The maximum atomic E-state index is 13.7. The SMILES string of the molecule is N#CCNC(=O)[C@@H](N)CC(F)(F)Cc1ccccc1F. The van der Waals surface area contributed by atoms with Gasteiger partial charge in [0.25, 0.3) is 5.92 Å². The minimum Gasteiger partial charge on any atom is -0.342 e. The number of benzene rings is 1. The number of nitrogens with two attached hydrogens (primary N) is 1. The summed E-state index contributed by atoms with van der Waals surface area (Å²) in [6.45, 7) is -0.300. The monoisotopic (exact) mass is 285 g/mol. The van der Waals surface area contributed by atoms with Gasteiger partial charge in [-0.3, -0.25) is 4.79 Å². The molecule has 0 saturated heterocycles. The van der Waals surface area contributed by atoms with Crippen LogP contribution in [0.2, 0.25) is 0 Å². The molecule has 1 rings (SSSR count). The first-order chi connectivity index (χ1) is 9.35. The van der Waals surface area contributed by atoms with E-state index in [0.29, 0.717) is 0 Å². The Bertz CT molecular complexity index is 514. The van der Waals surface area contributed by atoms with Gasteiger partial charge in [-0.2, -0.15) is 5.26 Å². The summed E-state index contributed by atoms with van der Waals surface area (Å²) in [5.74, 6) is -4.87. The molecule has 0 bridgehead atoms. The average molecular weight is 285 g/mol. The van der Waals surface area contributed by atoms with Gasteiger partial charge in [-0.1, -0.05) is 18.2 Å². The number of halogens is 3. The van der Waals surface area contributed by atoms with Crippen molar-refractivity contribution in [3.63, 3.8) is 0 Å². The van der Waals surface area contributed by atoms with Gasteiger partial charge in [-0.15, -0.1) is 0 Å². The summed E-state index contributed by atoms with van der Waals surface area (Å²) < 4.78 is 40.8. The second-order valence-electron chi connectivity index (χ2n) is 4.31. The molecule has 0 aromatic heterocycles. The van der Waals surface area contributed by atoms with Gasteiger partial charge in [0.05, 0.1) is 12.1 Å². The lowest BCUT2D eigenvalue weighted by molar-refractivity contribution is -0.124. The van der Waals surface area contributed by atoms with Crippen LogP contribution in [0.3, 0.4) is 0 Å². The molecule has 0 unspecified atom stereocenters. The molecule has 1 aromatic rings. The summed E-state index contributed by atoms with van der Waals surface area (Å²) >= 11 is 0. The largest absolute Gasteiger partial charge is 0.342 e. The number of nitrogens with zero attached hydrogens (tertiary/aromatic N) is 1. The number of rotatable bonds is 6. The maximum absolute atomic E-state index is 13.7. The molecule has 7 heteroatoms. The molecule has 0 radical (unpaired) electrons. The van der Waals surface area contributed by atoms with Crippen LogP contribution in [0.25, 0.3) is 0 Å². The van der Waals surface area contributed by atoms with Crippen molar-refractivity contribution in [2.45, 2.75) is 24.8 Å². The zero-order valence-electron chi connectivity index (χ0n) is 10.6.